The molecule has 0 aliphatic rings. The molecular formula is C14H19F5O3Si. The smallest absolute Gasteiger partial charge is 0.390 e. The zero-order valence-corrected chi connectivity index (χ0v) is 13.4. The minimum Gasteiger partial charge on any atom is -0.390 e. The van der Waals surface area contributed by atoms with Crippen molar-refractivity contribution in [2.75, 3.05) is 0 Å². The van der Waals surface area contributed by atoms with Gasteiger partial charge in [-0.3, -0.25) is 0 Å². The molecule has 3 N–H and O–H groups in total. The molecule has 0 amide bonds. The summed E-state index contributed by atoms with van der Waals surface area (Å²) in [5, 5.41) is 0. The van der Waals surface area contributed by atoms with E-state index >= 15 is 0 Å². The molecule has 0 heterocycles. The Morgan fingerprint density at radius 3 is 1.43 bits per heavy atom. The van der Waals surface area contributed by atoms with Gasteiger partial charge in [0.15, 0.2) is 23.3 Å². The third-order valence-electron chi connectivity index (χ3n) is 3.49. The van der Waals surface area contributed by atoms with Crippen LogP contribution >= 0.6 is 0 Å². The van der Waals surface area contributed by atoms with E-state index in [-0.39, 0.29) is 18.9 Å². The summed E-state index contributed by atoms with van der Waals surface area (Å²) in [6.45, 7) is 0. The Morgan fingerprint density at radius 2 is 0.957 bits per heavy atom. The molecule has 0 aromatic heterocycles. The number of hydrogen-bond donors (Lipinski definition) is 3. The van der Waals surface area contributed by atoms with Crippen molar-refractivity contribution < 1.29 is 36.3 Å². The van der Waals surface area contributed by atoms with Crippen molar-refractivity contribution in [2.45, 2.75) is 51.0 Å². The van der Waals surface area contributed by atoms with Crippen molar-refractivity contribution in [3.05, 3.63) is 34.6 Å². The summed E-state index contributed by atoms with van der Waals surface area (Å²) in [6.07, 6.45) is 3.06. The van der Waals surface area contributed by atoms with Crippen molar-refractivity contribution >= 4 is 8.80 Å². The Morgan fingerprint density at radius 1 is 0.565 bits per heavy atom. The van der Waals surface area contributed by atoms with Gasteiger partial charge >= 0.3 is 8.80 Å². The van der Waals surface area contributed by atoms with Crippen LogP contribution in [-0.2, 0) is 6.42 Å². The second-order valence-electron chi connectivity index (χ2n) is 5.44. The van der Waals surface area contributed by atoms with E-state index in [1.165, 1.54) is 0 Å². The van der Waals surface area contributed by atoms with E-state index < -0.39 is 43.5 Å². The molecule has 0 saturated carbocycles. The summed E-state index contributed by atoms with van der Waals surface area (Å²) in [5.74, 6) is -9.57. The molecule has 0 atom stereocenters. The molecule has 0 radical (unpaired) electrons. The molecule has 0 fully saturated rings. The molecule has 0 bridgehead atoms. The van der Waals surface area contributed by atoms with Crippen molar-refractivity contribution in [1.82, 2.24) is 0 Å². The third kappa shape index (κ3) is 6.17. The van der Waals surface area contributed by atoms with Crippen LogP contribution in [-0.4, -0.2) is 23.2 Å². The molecular weight excluding hydrogens is 339 g/mol. The fraction of sp³-hybridized carbons (Fsp3) is 0.571. The first-order valence-corrected chi connectivity index (χ1v) is 9.37. The Balaban J connectivity index is 2.35. The maximum Gasteiger partial charge on any atom is 0.492 e. The van der Waals surface area contributed by atoms with Gasteiger partial charge in [-0.1, -0.05) is 25.7 Å². The number of unbranched alkanes of at least 4 members (excludes halogenated alkanes) is 5. The Hall–Kier alpha value is -1.03. The summed E-state index contributed by atoms with van der Waals surface area (Å²) in [5.41, 5.74) is -0.793. The van der Waals surface area contributed by atoms with Gasteiger partial charge < -0.3 is 14.4 Å². The Kier molecular flexibility index (Phi) is 7.58. The minimum atomic E-state index is -3.99. The zero-order valence-electron chi connectivity index (χ0n) is 12.4. The molecule has 132 valence electrons. The maximum atomic E-state index is 13.4. The SMILES string of the molecule is O[Si](O)(O)CCCCCCCCc1c(F)c(F)c(F)c(F)c1F. The quantitative estimate of drug-likeness (QED) is 0.209. The minimum absolute atomic E-state index is 0.0441. The second-order valence-corrected chi connectivity index (χ2v) is 7.49. The van der Waals surface area contributed by atoms with E-state index in [1.807, 2.05) is 0 Å². The van der Waals surface area contributed by atoms with E-state index in [9.17, 15) is 22.0 Å². The highest BCUT2D eigenvalue weighted by Gasteiger charge is 2.26. The van der Waals surface area contributed by atoms with Crippen LogP contribution in [0.5, 0.6) is 0 Å². The highest BCUT2D eigenvalue weighted by atomic mass is 28.4. The lowest BCUT2D eigenvalue weighted by molar-refractivity contribution is 0.226. The van der Waals surface area contributed by atoms with E-state index in [1.54, 1.807) is 0 Å². The van der Waals surface area contributed by atoms with Gasteiger partial charge in [0.25, 0.3) is 0 Å². The molecule has 0 saturated heterocycles. The zero-order chi connectivity index (χ0) is 17.6. The first-order valence-electron chi connectivity index (χ1n) is 7.32. The van der Waals surface area contributed by atoms with Crippen LogP contribution < -0.4 is 0 Å². The molecule has 1 rings (SSSR count). The third-order valence-corrected chi connectivity index (χ3v) is 4.51. The monoisotopic (exact) mass is 358 g/mol. The lowest BCUT2D eigenvalue weighted by Crippen LogP contribution is -2.33. The average Bonchev–Trinajstić information content (AvgIpc) is 2.47. The largest absolute Gasteiger partial charge is 0.492 e. The van der Waals surface area contributed by atoms with E-state index in [0.29, 0.717) is 32.1 Å². The van der Waals surface area contributed by atoms with Gasteiger partial charge in [-0.05, 0) is 19.3 Å². The lowest BCUT2D eigenvalue weighted by Gasteiger charge is -2.09. The van der Waals surface area contributed by atoms with Gasteiger partial charge in [0.2, 0.25) is 5.82 Å². The summed E-state index contributed by atoms with van der Waals surface area (Å²) in [6, 6.07) is -0.0441. The van der Waals surface area contributed by atoms with E-state index in [2.05, 4.69) is 0 Å². The standard InChI is InChI=1S/C14H19F5O3Si/c15-10-9(11(16)13(18)14(19)12(10)17)7-5-3-1-2-4-6-8-23(20,21)22/h20-22H,1-8H2. The number of hydrogen-bond acceptors (Lipinski definition) is 3. The fourth-order valence-electron chi connectivity index (χ4n) is 2.24. The van der Waals surface area contributed by atoms with Crippen molar-refractivity contribution in [3.8, 4) is 0 Å². The fourth-order valence-corrected chi connectivity index (χ4v) is 2.97. The first kappa shape index (κ1) is 20.0. The van der Waals surface area contributed by atoms with E-state index in [0.717, 1.165) is 0 Å². The van der Waals surface area contributed by atoms with Crippen LogP contribution in [0.1, 0.15) is 44.1 Å². The number of halogens is 5. The van der Waals surface area contributed by atoms with Crippen LogP contribution in [0.25, 0.3) is 0 Å². The Bertz CT molecular complexity index is 505. The molecule has 0 unspecified atom stereocenters. The normalized spacial score (nSPS) is 12.0. The average molecular weight is 358 g/mol. The van der Waals surface area contributed by atoms with Crippen LogP contribution in [0.15, 0.2) is 0 Å². The van der Waals surface area contributed by atoms with Crippen molar-refractivity contribution in [2.24, 2.45) is 0 Å². The summed E-state index contributed by atoms with van der Waals surface area (Å²) in [4.78, 5) is 26.4. The molecule has 23 heavy (non-hydrogen) atoms. The van der Waals surface area contributed by atoms with E-state index in [4.69, 9.17) is 14.4 Å². The molecule has 0 aliphatic heterocycles. The summed E-state index contributed by atoms with van der Waals surface area (Å²) >= 11 is 0. The predicted molar refractivity (Wildman–Crippen MR) is 74.9 cm³/mol. The van der Waals surface area contributed by atoms with Crippen LogP contribution in [0.4, 0.5) is 22.0 Å². The van der Waals surface area contributed by atoms with Crippen LogP contribution in [0, 0.1) is 29.1 Å². The molecule has 0 spiro atoms. The number of benzene rings is 1. The number of rotatable bonds is 9. The molecule has 1 aromatic rings. The van der Waals surface area contributed by atoms with Gasteiger partial charge in [0.1, 0.15) is 0 Å². The molecule has 0 aliphatic carbocycles. The van der Waals surface area contributed by atoms with Crippen LogP contribution in [0.3, 0.4) is 0 Å². The van der Waals surface area contributed by atoms with Gasteiger partial charge in [-0.15, -0.1) is 0 Å². The maximum absolute atomic E-state index is 13.4. The molecule has 1 aromatic carbocycles. The topological polar surface area (TPSA) is 60.7 Å². The van der Waals surface area contributed by atoms with Gasteiger partial charge in [-0.2, -0.15) is 0 Å². The Labute approximate surface area is 131 Å². The summed E-state index contributed by atoms with van der Waals surface area (Å²) in [7, 11) is -3.99. The van der Waals surface area contributed by atoms with Crippen LogP contribution in [0.2, 0.25) is 6.04 Å². The lowest BCUT2D eigenvalue weighted by atomic mass is 10.0. The highest BCUT2D eigenvalue weighted by molar-refractivity contribution is 6.56. The van der Waals surface area contributed by atoms with Gasteiger partial charge in [0, 0.05) is 11.6 Å². The molecule has 9 heteroatoms. The molecule has 3 nitrogen and oxygen atoms in total. The van der Waals surface area contributed by atoms with Crippen molar-refractivity contribution in [3.63, 3.8) is 0 Å². The second kappa shape index (κ2) is 8.72. The predicted octanol–water partition coefficient (Wildman–Crippen LogP) is 3.18. The highest BCUT2D eigenvalue weighted by Crippen LogP contribution is 2.24. The van der Waals surface area contributed by atoms with Crippen molar-refractivity contribution in [1.29, 1.82) is 0 Å². The summed E-state index contributed by atoms with van der Waals surface area (Å²) < 4.78 is 65.7. The van der Waals surface area contributed by atoms with Gasteiger partial charge in [-0.25, -0.2) is 22.0 Å². The first-order chi connectivity index (χ1) is 10.6. The van der Waals surface area contributed by atoms with Gasteiger partial charge in [0.05, 0.1) is 0 Å².